The minimum atomic E-state index is -2.53. The molecule has 4 nitrogen and oxygen atoms in total. The Morgan fingerprint density at radius 1 is 0.460 bits per heavy atom. The molecule has 2 fully saturated rings. The molecular formula is C44H56O4Si2. The van der Waals surface area contributed by atoms with Crippen LogP contribution in [0, 0.1) is 0 Å². The van der Waals surface area contributed by atoms with Crippen molar-refractivity contribution < 1.29 is 18.3 Å². The number of epoxide rings is 2. The van der Waals surface area contributed by atoms with E-state index in [0.717, 1.165) is 25.7 Å². The quantitative estimate of drug-likeness (QED) is 0.0679. The molecule has 4 aromatic carbocycles. The minimum absolute atomic E-state index is 0.0271. The number of ether oxygens (including phenoxy) is 2. The van der Waals surface area contributed by atoms with Gasteiger partial charge in [-0.05, 0) is 56.5 Å². The van der Waals surface area contributed by atoms with Gasteiger partial charge in [-0.15, -0.1) is 0 Å². The molecular weight excluding hydrogens is 649 g/mol. The Kier molecular flexibility index (Phi) is 11.5. The van der Waals surface area contributed by atoms with Gasteiger partial charge in [0.15, 0.2) is 0 Å². The summed E-state index contributed by atoms with van der Waals surface area (Å²) >= 11 is 0. The Balaban J connectivity index is 0.964. The maximum absolute atomic E-state index is 7.09. The van der Waals surface area contributed by atoms with Crippen molar-refractivity contribution in [2.24, 2.45) is 0 Å². The van der Waals surface area contributed by atoms with Crippen molar-refractivity contribution in [3.8, 4) is 0 Å². The molecule has 2 aliphatic heterocycles. The molecule has 264 valence electrons. The molecule has 6 rings (SSSR count). The summed E-state index contributed by atoms with van der Waals surface area (Å²) in [6.45, 7) is 15.2. The van der Waals surface area contributed by atoms with Gasteiger partial charge in [0.05, 0.1) is 25.4 Å². The lowest BCUT2D eigenvalue weighted by Gasteiger charge is -2.43. The molecule has 0 saturated carbocycles. The second-order valence-electron chi connectivity index (χ2n) is 16.0. The summed E-state index contributed by atoms with van der Waals surface area (Å²) in [5.41, 5.74) is 0. The smallest absolute Gasteiger partial charge is 0.261 e. The summed E-state index contributed by atoms with van der Waals surface area (Å²) in [7, 11) is -5.07. The van der Waals surface area contributed by atoms with Crippen LogP contribution >= 0.6 is 0 Å². The van der Waals surface area contributed by atoms with E-state index in [0.29, 0.717) is 13.2 Å². The second-order valence-corrected chi connectivity index (χ2v) is 24.6. The van der Waals surface area contributed by atoms with Crippen LogP contribution < -0.4 is 20.7 Å². The summed E-state index contributed by atoms with van der Waals surface area (Å²) in [6, 6.07) is 43.4. The second kappa shape index (κ2) is 15.6. The van der Waals surface area contributed by atoms with Gasteiger partial charge in [-0.25, -0.2) is 0 Å². The summed E-state index contributed by atoms with van der Waals surface area (Å²) in [4.78, 5) is 0. The van der Waals surface area contributed by atoms with Gasteiger partial charge in [0, 0.05) is 0 Å². The first-order valence-electron chi connectivity index (χ1n) is 18.5. The Labute approximate surface area is 303 Å². The highest BCUT2D eigenvalue weighted by atomic mass is 28.4. The average molecular weight is 705 g/mol. The maximum Gasteiger partial charge on any atom is 0.261 e. The third-order valence-corrected chi connectivity index (χ3v) is 20.5. The zero-order chi connectivity index (χ0) is 35.2. The maximum atomic E-state index is 7.09. The van der Waals surface area contributed by atoms with Crippen molar-refractivity contribution >= 4 is 37.4 Å². The lowest BCUT2D eigenvalue weighted by atomic mass is 10.1. The lowest BCUT2D eigenvalue weighted by molar-refractivity contribution is 0.247. The first-order chi connectivity index (χ1) is 24.1. The molecule has 0 aliphatic carbocycles. The number of hydrogen-bond donors (Lipinski definition) is 0. The van der Waals surface area contributed by atoms with Gasteiger partial charge >= 0.3 is 0 Å². The van der Waals surface area contributed by atoms with Crippen molar-refractivity contribution in [2.75, 3.05) is 13.2 Å². The fraction of sp³-hybridized carbons (Fsp3) is 0.409. The molecule has 2 heterocycles. The summed E-state index contributed by atoms with van der Waals surface area (Å²) in [6.07, 6.45) is 9.61. The molecule has 4 aromatic rings. The molecule has 0 unspecified atom stereocenters. The SMILES string of the molecule is CC(C)(C)[Si](OC[C@@H]1O[C@H]1CC/C=C/CC[C@@H]1O[C@H]1CO[Si](c1ccccc1)(c1ccccc1)C(C)(C)C)(c1ccccc1)c1ccccc1. The average Bonchev–Trinajstić information content (AvgIpc) is 4.05. The predicted octanol–water partition coefficient (Wildman–Crippen LogP) is 7.79. The van der Waals surface area contributed by atoms with Crippen molar-refractivity contribution in [1.29, 1.82) is 0 Å². The summed E-state index contributed by atoms with van der Waals surface area (Å²) in [5.74, 6) is 0. The lowest BCUT2D eigenvalue weighted by Crippen LogP contribution is -2.66. The Bertz CT molecular complexity index is 1440. The first-order valence-corrected chi connectivity index (χ1v) is 22.3. The highest BCUT2D eigenvalue weighted by Crippen LogP contribution is 2.40. The number of rotatable bonds is 16. The number of benzene rings is 4. The molecule has 0 radical (unpaired) electrons. The van der Waals surface area contributed by atoms with E-state index >= 15 is 0 Å². The third-order valence-electron chi connectivity index (χ3n) is 10.5. The molecule has 0 N–H and O–H groups in total. The Morgan fingerprint density at radius 2 is 0.740 bits per heavy atom. The van der Waals surface area contributed by atoms with E-state index in [1.807, 2.05) is 0 Å². The van der Waals surface area contributed by atoms with Crippen molar-refractivity contribution in [1.82, 2.24) is 0 Å². The topological polar surface area (TPSA) is 43.5 Å². The molecule has 0 spiro atoms. The molecule has 0 bridgehead atoms. The van der Waals surface area contributed by atoms with Gasteiger partial charge in [0.25, 0.3) is 16.6 Å². The van der Waals surface area contributed by atoms with E-state index < -0.39 is 16.6 Å². The van der Waals surface area contributed by atoms with Crippen LogP contribution in [-0.4, -0.2) is 54.3 Å². The zero-order valence-electron chi connectivity index (χ0n) is 30.9. The molecule has 2 aliphatic rings. The van der Waals surface area contributed by atoms with Crippen LogP contribution in [-0.2, 0) is 18.3 Å². The largest absolute Gasteiger partial charge is 0.405 e. The summed E-state index contributed by atoms with van der Waals surface area (Å²) < 4.78 is 26.5. The fourth-order valence-corrected chi connectivity index (χ4v) is 17.0. The van der Waals surface area contributed by atoms with Gasteiger partial charge in [-0.1, -0.05) is 175 Å². The highest BCUT2D eigenvalue weighted by molar-refractivity contribution is 7.00. The Morgan fingerprint density at radius 3 is 1.00 bits per heavy atom. The highest BCUT2D eigenvalue weighted by Gasteiger charge is 2.53. The van der Waals surface area contributed by atoms with Gasteiger partial charge in [0.1, 0.15) is 12.2 Å². The molecule has 4 atom stereocenters. The standard InChI is InChI=1S/C44H56O4Si2/c1-43(2,3)49(35-23-13-9-14-24-35,36-25-15-10-16-26-36)45-33-41-39(47-41)31-21-7-8-22-32-40-42(48-40)34-46-50(44(4,5)6,37-27-17-11-18-28-37)38-29-19-12-20-30-38/h7-20,23-30,39-42H,21-22,31-34H2,1-6H3/b8-7+/t39-,40-,41-,42-/m0/s1. The monoisotopic (exact) mass is 704 g/mol. The van der Waals surface area contributed by atoms with Crippen LogP contribution in [0.3, 0.4) is 0 Å². The van der Waals surface area contributed by atoms with E-state index in [4.69, 9.17) is 18.3 Å². The van der Waals surface area contributed by atoms with Crippen LogP contribution in [0.2, 0.25) is 10.1 Å². The van der Waals surface area contributed by atoms with Gasteiger partial charge in [-0.2, -0.15) is 0 Å². The van der Waals surface area contributed by atoms with Gasteiger partial charge in [-0.3, -0.25) is 0 Å². The van der Waals surface area contributed by atoms with E-state index in [1.54, 1.807) is 0 Å². The molecule has 2 saturated heterocycles. The van der Waals surface area contributed by atoms with Crippen LogP contribution in [0.5, 0.6) is 0 Å². The van der Waals surface area contributed by atoms with E-state index in [2.05, 4.69) is 175 Å². The van der Waals surface area contributed by atoms with Crippen LogP contribution in [0.4, 0.5) is 0 Å². The van der Waals surface area contributed by atoms with Crippen LogP contribution in [0.25, 0.3) is 0 Å². The van der Waals surface area contributed by atoms with E-state index in [-0.39, 0.29) is 34.5 Å². The number of hydrogen-bond acceptors (Lipinski definition) is 4. The van der Waals surface area contributed by atoms with Crippen molar-refractivity contribution in [2.45, 2.75) is 102 Å². The fourth-order valence-electron chi connectivity index (χ4n) is 7.85. The molecule has 0 aromatic heterocycles. The molecule has 0 amide bonds. The van der Waals surface area contributed by atoms with Gasteiger partial charge in [0.2, 0.25) is 0 Å². The van der Waals surface area contributed by atoms with E-state index in [9.17, 15) is 0 Å². The normalized spacial score (nSPS) is 21.0. The van der Waals surface area contributed by atoms with Gasteiger partial charge < -0.3 is 18.3 Å². The molecule has 50 heavy (non-hydrogen) atoms. The van der Waals surface area contributed by atoms with E-state index in [1.165, 1.54) is 20.7 Å². The minimum Gasteiger partial charge on any atom is -0.405 e. The van der Waals surface area contributed by atoms with Crippen LogP contribution in [0.15, 0.2) is 133 Å². The number of allylic oxidation sites excluding steroid dienone is 2. The van der Waals surface area contributed by atoms with Crippen molar-refractivity contribution in [3.05, 3.63) is 133 Å². The predicted molar refractivity (Wildman–Crippen MR) is 212 cm³/mol. The first kappa shape index (κ1) is 36.7. The van der Waals surface area contributed by atoms with Crippen LogP contribution in [0.1, 0.15) is 67.2 Å². The third kappa shape index (κ3) is 8.01. The summed E-state index contributed by atoms with van der Waals surface area (Å²) in [5, 5.41) is 5.21. The zero-order valence-corrected chi connectivity index (χ0v) is 32.9. The molecule has 6 heteroatoms. The Hall–Kier alpha value is -3.11. The van der Waals surface area contributed by atoms with Crippen molar-refractivity contribution in [3.63, 3.8) is 0 Å².